The standard InChI is InChI=1S/C21H20ClN5O2/c1-29-15-6-7-16-14(12-24-18(16)11-15)8-9-23-21-25-20(28)19(26-27-21)10-13-4-2-3-5-17(13)22/h2-7,11-12,24H,8-10H2,1H3,(H2,23,25,27,28). The lowest BCUT2D eigenvalue weighted by atomic mass is 10.1. The number of nitrogens with zero attached hydrogens (tertiary/aromatic N) is 2. The number of methoxy groups -OCH3 is 1. The summed E-state index contributed by atoms with van der Waals surface area (Å²) in [4.78, 5) is 18.3. The predicted octanol–water partition coefficient (Wildman–Crippen LogP) is 3.55. The SMILES string of the molecule is COc1ccc2c(CCNc3nnc(Cc4ccccc4Cl)c(=O)[nH]3)c[nH]c2c1. The maximum absolute atomic E-state index is 12.3. The van der Waals surface area contributed by atoms with Crippen LogP contribution in [0.15, 0.2) is 53.5 Å². The van der Waals surface area contributed by atoms with Gasteiger partial charge in [0, 0.05) is 41.2 Å². The van der Waals surface area contributed by atoms with Gasteiger partial charge in [-0.05, 0) is 35.7 Å². The molecule has 0 aliphatic rings. The first kappa shape index (κ1) is 19.0. The summed E-state index contributed by atoms with van der Waals surface area (Å²) in [6.07, 6.45) is 3.07. The van der Waals surface area contributed by atoms with Gasteiger partial charge in [-0.3, -0.25) is 9.78 Å². The van der Waals surface area contributed by atoms with E-state index in [1.165, 1.54) is 5.56 Å². The Morgan fingerprint density at radius 1 is 1.14 bits per heavy atom. The second kappa shape index (κ2) is 8.36. The van der Waals surface area contributed by atoms with Gasteiger partial charge < -0.3 is 15.0 Å². The van der Waals surface area contributed by atoms with Crippen molar-refractivity contribution in [2.45, 2.75) is 12.8 Å². The number of halogens is 1. The Hall–Kier alpha value is -3.32. The van der Waals surface area contributed by atoms with Crippen LogP contribution in [0.1, 0.15) is 16.8 Å². The highest BCUT2D eigenvalue weighted by Gasteiger charge is 2.09. The van der Waals surface area contributed by atoms with Crippen LogP contribution >= 0.6 is 11.6 Å². The third-order valence-corrected chi connectivity index (χ3v) is 5.11. The molecule has 148 valence electrons. The molecule has 2 heterocycles. The number of aromatic amines is 2. The third kappa shape index (κ3) is 4.25. The molecule has 0 unspecified atom stereocenters. The van der Waals surface area contributed by atoms with Crippen LogP contribution in [-0.2, 0) is 12.8 Å². The van der Waals surface area contributed by atoms with Crippen LogP contribution in [0, 0.1) is 0 Å². The molecule has 0 amide bonds. The van der Waals surface area contributed by atoms with E-state index in [4.69, 9.17) is 16.3 Å². The molecule has 0 atom stereocenters. The number of benzene rings is 2. The first-order valence-corrected chi connectivity index (χ1v) is 9.59. The summed E-state index contributed by atoms with van der Waals surface area (Å²) in [5, 5.41) is 13.0. The van der Waals surface area contributed by atoms with Gasteiger partial charge in [0.2, 0.25) is 5.95 Å². The largest absolute Gasteiger partial charge is 0.497 e. The minimum Gasteiger partial charge on any atom is -0.497 e. The van der Waals surface area contributed by atoms with Crippen LogP contribution < -0.4 is 15.6 Å². The van der Waals surface area contributed by atoms with Gasteiger partial charge in [-0.2, -0.15) is 0 Å². The summed E-state index contributed by atoms with van der Waals surface area (Å²) in [7, 11) is 1.65. The fraction of sp³-hybridized carbons (Fsp3) is 0.190. The average molecular weight is 410 g/mol. The minimum atomic E-state index is -0.276. The minimum absolute atomic E-state index is 0.276. The van der Waals surface area contributed by atoms with E-state index in [0.717, 1.165) is 28.6 Å². The molecule has 0 radical (unpaired) electrons. The number of hydrogen-bond acceptors (Lipinski definition) is 5. The Bertz CT molecular complexity index is 1200. The quantitative estimate of drug-likeness (QED) is 0.434. The highest BCUT2D eigenvalue weighted by atomic mass is 35.5. The van der Waals surface area contributed by atoms with E-state index < -0.39 is 0 Å². The Balaban J connectivity index is 1.40. The normalized spacial score (nSPS) is 11.0. The summed E-state index contributed by atoms with van der Waals surface area (Å²) < 4.78 is 5.25. The van der Waals surface area contributed by atoms with Crippen molar-refractivity contribution in [1.29, 1.82) is 0 Å². The lowest BCUT2D eigenvalue weighted by Crippen LogP contribution is -2.20. The van der Waals surface area contributed by atoms with E-state index in [-0.39, 0.29) is 5.56 Å². The van der Waals surface area contributed by atoms with E-state index in [1.807, 2.05) is 42.6 Å². The predicted molar refractivity (Wildman–Crippen MR) is 114 cm³/mol. The molecule has 0 fully saturated rings. The summed E-state index contributed by atoms with van der Waals surface area (Å²) in [6, 6.07) is 13.3. The monoisotopic (exact) mass is 409 g/mol. The first-order valence-electron chi connectivity index (χ1n) is 9.21. The molecular weight excluding hydrogens is 390 g/mol. The molecule has 0 saturated carbocycles. The van der Waals surface area contributed by atoms with Crippen molar-refractivity contribution >= 4 is 28.5 Å². The molecule has 0 saturated heterocycles. The van der Waals surface area contributed by atoms with Crippen LogP contribution in [0.2, 0.25) is 5.02 Å². The zero-order valence-electron chi connectivity index (χ0n) is 15.8. The number of aromatic nitrogens is 4. The van der Waals surface area contributed by atoms with Crippen molar-refractivity contribution in [2.24, 2.45) is 0 Å². The van der Waals surface area contributed by atoms with Crippen molar-refractivity contribution in [3.63, 3.8) is 0 Å². The number of anilines is 1. The molecule has 4 aromatic rings. The van der Waals surface area contributed by atoms with Crippen molar-refractivity contribution in [3.05, 3.63) is 80.9 Å². The second-order valence-electron chi connectivity index (χ2n) is 6.62. The maximum Gasteiger partial charge on any atom is 0.274 e. The van der Waals surface area contributed by atoms with Gasteiger partial charge >= 0.3 is 0 Å². The van der Waals surface area contributed by atoms with Gasteiger partial charge in [0.25, 0.3) is 5.56 Å². The van der Waals surface area contributed by atoms with Gasteiger partial charge in [0.15, 0.2) is 0 Å². The summed E-state index contributed by atoms with van der Waals surface area (Å²) in [5.41, 5.74) is 3.08. The molecule has 29 heavy (non-hydrogen) atoms. The number of nitrogens with one attached hydrogen (secondary N) is 3. The highest BCUT2D eigenvalue weighted by Crippen LogP contribution is 2.23. The average Bonchev–Trinajstić information content (AvgIpc) is 3.13. The van der Waals surface area contributed by atoms with Gasteiger partial charge in [-0.15, -0.1) is 10.2 Å². The molecular formula is C21H20ClN5O2. The van der Waals surface area contributed by atoms with Crippen LogP contribution in [0.4, 0.5) is 5.95 Å². The smallest absolute Gasteiger partial charge is 0.274 e. The molecule has 0 aliphatic carbocycles. The number of ether oxygens (including phenoxy) is 1. The van der Waals surface area contributed by atoms with E-state index in [0.29, 0.717) is 29.6 Å². The molecule has 4 rings (SSSR count). The maximum atomic E-state index is 12.3. The van der Waals surface area contributed by atoms with E-state index >= 15 is 0 Å². The number of fused-ring (bicyclic) bond motifs is 1. The lowest BCUT2D eigenvalue weighted by molar-refractivity contribution is 0.415. The van der Waals surface area contributed by atoms with Crippen molar-refractivity contribution in [1.82, 2.24) is 20.2 Å². The second-order valence-corrected chi connectivity index (χ2v) is 7.03. The van der Waals surface area contributed by atoms with Gasteiger partial charge in [-0.1, -0.05) is 29.8 Å². The van der Waals surface area contributed by atoms with E-state index in [2.05, 4.69) is 25.5 Å². The van der Waals surface area contributed by atoms with Gasteiger partial charge in [0.05, 0.1) is 7.11 Å². The molecule has 3 N–H and O–H groups in total. The Morgan fingerprint density at radius 2 is 2.00 bits per heavy atom. The molecule has 0 bridgehead atoms. The van der Waals surface area contributed by atoms with E-state index in [1.54, 1.807) is 13.2 Å². The fourth-order valence-electron chi connectivity index (χ4n) is 3.19. The molecule has 8 heteroatoms. The molecule has 2 aromatic carbocycles. The molecule has 2 aromatic heterocycles. The van der Waals surface area contributed by atoms with Crippen LogP contribution in [0.5, 0.6) is 5.75 Å². The summed E-state index contributed by atoms with van der Waals surface area (Å²) in [6.45, 7) is 0.605. The zero-order chi connectivity index (χ0) is 20.2. The Labute approximate surface area is 172 Å². The fourth-order valence-corrected chi connectivity index (χ4v) is 3.40. The van der Waals surface area contributed by atoms with Crippen molar-refractivity contribution in [2.75, 3.05) is 19.0 Å². The van der Waals surface area contributed by atoms with E-state index in [9.17, 15) is 4.79 Å². The number of hydrogen-bond donors (Lipinski definition) is 3. The zero-order valence-corrected chi connectivity index (χ0v) is 16.6. The topological polar surface area (TPSA) is 95.7 Å². The third-order valence-electron chi connectivity index (χ3n) is 4.74. The van der Waals surface area contributed by atoms with Crippen LogP contribution in [-0.4, -0.2) is 33.8 Å². The summed E-state index contributed by atoms with van der Waals surface area (Å²) in [5.74, 6) is 1.16. The number of H-pyrrole nitrogens is 2. The molecule has 0 aliphatic heterocycles. The number of rotatable bonds is 7. The van der Waals surface area contributed by atoms with Crippen LogP contribution in [0.3, 0.4) is 0 Å². The van der Waals surface area contributed by atoms with Gasteiger partial charge in [0.1, 0.15) is 11.4 Å². The summed E-state index contributed by atoms with van der Waals surface area (Å²) >= 11 is 6.15. The molecule has 7 nitrogen and oxygen atoms in total. The van der Waals surface area contributed by atoms with Gasteiger partial charge in [-0.25, -0.2) is 0 Å². The molecule has 0 spiro atoms. The lowest BCUT2D eigenvalue weighted by Gasteiger charge is -2.06. The van der Waals surface area contributed by atoms with Crippen LogP contribution in [0.25, 0.3) is 10.9 Å². The Morgan fingerprint density at radius 3 is 2.79 bits per heavy atom. The Kier molecular flexibility index (Phi) is 5.48. The van der Waals surface area contributed by atoms with Crippen molar-refractivity contribution in [3.8, 4) is 5.75 Å². The highest BCUT2D eigenvalue weighted by molar-refractivity contribution is 6.31. The first-order chi connectivity index (χ1) is 14.1. The van der Waals surface area contributed by atoms with Crippen molar-refractivity contribution < 1.29 is 4.74 Å².